The van der Waals surface area contributed by atoms with Gasteiger partial charge in [-0.2, -0.15) is 0 Å². The van der Waals surface area contributed by atoms with Gasteiger partial charge < -0.3 is 4.74 Å². The maximum atomic E-state index is 11.6. The molecule has 0 spiro atoms. The number of ether oxygens (including phenoxy) is 1. The second kappa shape index (κ2) is 13.9. The summed E-state index contributed by atoms with van der Waals surface area (Å²) in [4.78, 5) is 11.6. The molecule has 2 nitrogen and oxygen atoms in total. The normalized spacial score (nSPS) is 12.4. The third kappa shape index (κ3) is 12.3. The molecule has 0 aromatic rings. The minimum atomic E-state index is 0.00504. The Morgan fingerprint density at radius 1 is 0.895 bits per heavy atom. The van der Waals surface area contributed by atoms with E-state index in [1.165, 1.54) is 51.4 Å². The van der Waals surface area contributed by atoms with Crippen LogP contribution >= 0.6 is 0 Å². The summed E-state index contributed by atoms with van der Waals surface area (Å²) in [6.45, 7) is 7.24. The van der Waals surface area contributed by atoms with Crippen LogP contribution in [0.4, 0.5) is 0 Å². The van der Waals surface area contributed by atoms with E-state index < -0.39 is 0 Å². The molecule has 0 amide bonds. The van der Waals surface area contributed by atoms with Gasteiger partial charge >= 0.3 is 5.97 Å². The van der Waals surface area contributed by atoms with Gasteiger partial charge in [-0.25, -0.2) is 0 Å². The second-order valence-corrected chi connectivity index (χ2v) is 5.62. The van der Waals surface area contributed by atoms with E-state index in [9.17, 15) is 4.79 Å². The van der Waals surface area contributed by atoms with Crippen molar-refractivity contribution in [3.8, 4) is 0 Å². The Morgan fingerprint density at radius 3 is 2.16 bits per heavy atom. The lowest BCUT2D eigenvalue weighted by molar-refractivity contribution is -0.145. The van der Waals surface area contributed by atoms with Crippen molar-refractivity contribution < 1.29 is 9.53 Å². The van der Waals surface area contributed by atoms with Crippen molar-refractivity contribution >= 4 is 5.97 Å². The molecule has 0 N–H and O–H groups in total. The lowest BCUT2D eigenvalue weighted by Crippen LogP contribution is -2.13. The molecule has 0 aromatic carbocycles. The lowest BCUT2D eigenvalue weighted by atomic mass is 10.0. The molecule has 0 unspecified atom stereocenters. The Bertz CT molecular complexity index is 201. The van der Waals surface area contributed by atoms with Gasteiger partial charge in [-0.05, 0) is 18.8 Å². The number of rotatable bonds is 13. The van der Waals surface area contributed by atoms with Crippen molar-refractivity contribution in [3.63, 3.8) is 0 Å². The van der Waals surface area contributed by atoms with E-state index in [2.05, 4.69) is 20.8 Å². The molecule has 2 heteroatoms. The molecule has 0 aliphatic rings. The maximum Gasteiger partial charge on any atom is 0.305 e. The van der Waals surface area contributed by atoms with E-state index in [-0.39, 0.29) is 5.97 Å². The smallest absolute Gasteiger partial charge is 0.305 e. The fraction of sp³-hybridized carbons (Fsp3) is 0.941. The van der Waals surface area contributed by atoms with Gasteiger partial charge in [0.15, 0.2) is 0 Å². The number of carbonyl (C=O) groups is 1. The van der Waals surface area contributed by atoms with Crippen LogP contribution in [0, 0.1) is 5.92 Å². The van der Waals surface area contributed by atoms with Crippen molar-refractivity contribution in [1.82, 2.24) is 0 Å². The summed E-state index contributed by atoms with van der Waals surface area (Å²) in [5, 5.41) is 0. The minimum Gasteiger partial charge on any atom is -0.465 e. The fourth-order valence-corrected chi connectivity index (χ4v) is 2.23. The first-order chi connectivity index (χ1) is 9.24. The highest BCUT2D eigenvalue weighted by Gasteiger charge is 2.09. The summed E-state index contributed by atoms with van der Waals surface area (Å²) < 4.78 is 5.38. The van der Waals surface area contributed by atoms with Crippen LogP contribution in [0.1, 0.15) is 91.4 Å². The first-order valence-corrected chi connectivity index (χ1v) is 8.40. The predicted octanol–water partition coefficient (Wildman–Crippen LogP) is 5.50. The quantitative estimate of drug-likeness (QED) is 0.326. The highest BCUT2D eigenvalue weighted by atomic mass is 16.5. The summed E-state index contributed by atoms with van der Waals surface area (Å²) >= 11 is 0. The molecule has 0 rings (SSSR count). The van der Waals surface area contributed by atoms with E-state index in [0.29, 0.717) is 18.9 Å². The topological polar surface area (TPSA) is 26.3 Å². The summed E-state index contributed by atoms with van der Waals surface area (Å²) in [7, 11) is 0. The zero-order valence-electron chi connectivity index (χ0n) is 13.4. The molecule has 0 radical (unpaired) electrons. The summed E-state index contributed by atoms with van der Waals surface area (Å²) in [5.74, 6) is 0.568. The summed E-state index contributed by atoms with van der Waals surface area (Å²) in [6, 6.07) is 0. The zero-order valence-corrected chi connectivity index (χ0v) is 13.4. The molecule has 0 bridgehead atoms. The van der Waals surface area contributed by atoms with Crippen LogP contribution in [-0.2, 0) is 9.53 Å². The number of hydrogen-bond donors (Lipinski definition) is 0. The highest BCUT2D eigenvalue weighted by Crippen LogP contribution is 2.14. The van der Waals surface area contributed by atoms with Gasteiger partial charge in [0.05, 0.1) is 6.61 Å². The first-order valence-electron chi connectivity index (χ1n) is 8.40. The third-order valence-electron chi connectivity index (χ3n) is 3.76. The molecule has 0 saturated carbocycles. The zero-order chi connectivity index (χ0) is 14.3. The van der Waals surface area contributed by atoms with Crippen LogP contribution in [-0.4, -0.2) is 12.6 Å². The highest BCUT2D eigenvalue weighted by molar-refractivity contribution is 5.69. The van der Waals surface area contributed by atoms with Crippen LogP contribution in [0.25, 0.3) is 0 Å². The third-order valence-corrected chi connectivity index (χ3v) is 3.76. The van der Waals surface area contributed by atoms with Crippen molar-refractivity contribution in [2.75, 3.05) is 6.61 Å². The van der Waals surface area contributed by atoms with Crippen LogP contribution < -0.4 is 0 Å². The number of carbonyl (C=O) groups excluding carboxylic acids is 1. The monoisotopic (exact) mass is 270 g/mol. The molecule has 114 valence electrons. The van der Waals surface area contributed by atoms with Crippen LogP contribution in [0.5, 0.6) is 0 Å². The van der Waals surface area contributed by atoms with Crippen molar-refractivity contribution in [2.45, 2.75) is 91.4 Å². The van der Waals surface area contributed by atoms with Crippen molar-refractivity contribution in [3.05, 3.63) is 0 Å². The van der Waals surface area contributed by atoms with Crippen LogP contribution in [0.3, 0.4) is 0 Å². The number of esters is 1. The molecular formula is C17H34O2. The van der Waals surface area contributed by atoms with Gasteiger partial charge in [-0.3, -0.25) is 4.79 Å². The van der Waals surface area contributed by atoms with Gasteiger partial charge in [-0.15, -0.1) is 0 Å². The molecular weight excluding hydrogens is 236 g/mol. The van der Waals surface area contributed by atoms with Gasteiger partial charge in [0.2, 0.25) is 0 Å². The van der Waals surface area contributed by atoms with E-state index in [1.807, 2.05) is 0 Å². The maximum absolute atomic E-state index is 11.6. The number of unbranched alkanes of at least 4 members (excludes halogenated alkanes) is 6. The van der Waals surface area contributed by atoms with Gasteiger partial charge in [0.25, 0.3) is 0 Å². The number of hydrogen-bond acceptors (Lipinski definition) is 2. The SMILES string of the molecule is CCCCCCCCC(=O)OC[C@@H](CC)CCCC. The standard InChI is InChI=1S/C17H34O2/c1-4-7-9-10-11-12-14-17(18)19-15-16(6-3)13-8-5-2/h16H,4-15H2,1-3H3/t16-/m0/s1. The Morgan fingerprint density at radius 2 is 1.53 bits per heavy atom. The largest absolute Gasteiger partial charge is 0.465 e. The van der Waals surface area contributed by atoms with Gasteiger partial charge in [0, 0.05) is 6.42 Å². The van der Waals surface area contributed by atoms with Crippen LogP contribution in [0.15, 0.2) is 0 Å². The molecule has 0 aromatic heterocycles. The Hall–Kier alpha value is -0.530. The van der Waals surface area contributed by atoms with Gasteiger partial charge in [-0.1, -0.05) is 72.1 Å². The Labute approximate surface area is 120 Å². The van der Waals surface area contributed by atoms with Crippen molar-refractivity contribution in [1.29, 1.82) is 0 Å². The van der Waals surface area contributed by atoms with E-state index in [4.69, 9.17) is 4.74 Å². The minimum absolute atomic E-state index is 0.00504. The van der Waals surface area contributed by atoms with E-state index in [1.54, 1.807) is 0 Å². The summed E-state index contributed by atoms with van der Waals surface area (Å²) in [6.07, 6.45) is 12.7. The van der Waals surface area contributed by atoms with Gasteiger partial charge in [0.1, 0.15) is 0 Å². The lowest BCUT2D eigenvalue weighted by Gasteiger charge is -2.14. The molecule has 0 heterocycles. The molecule has 19 heavy (non-hydrogen) atoms. The van der Waals surface area contributed by atoms with E-state index >= 15 is 0 Å². The fourth-order valence-electron chi connectivity index (χ4n) is 2.23. The summed E-state index contributed by atoms with van der Waals surface area (Å²) in [5.41, 5.74) is 0. The Balaban J connectivity index is 3.46. The predicted molar refractivity (Wildman–Crippen MR) is 82.3 cm³/mol. The average Bonchev–Trinajstić information content (AvgIpc) is 2.43. The molecule has 0 aliphatic heterocycles. The average molecular weight is 270 g/mol. The molecule has 0 fully saturated rings. The van der Waals surface area contributed by atoms with E-state index in [0.717, 1.165) is 12.8 Å². The molecule has 1 atom stereocenters. The van der Waals surface area contributed by atoms with Crippen molar-refractivity contribution in [2.24, 2.45) is 5.92 Å². The molecule has 0 aliphatic carbocycles. The molecule has 0 saturated heterocycles. The second-order valence-electron chi connectivity index (χ2n) is 5.62. The first kappa shape index (κ1) is 18.5. The van der Waals surface area contributed by atoms with Crippen LogP contribution in [0.2, 0.25) is 0 Å². The Kier molecular flexibility index (Phi) is 13.5.